The Morgan fingerprint density at radius 3 is 2.21 bits per heavy atom. The smallest absolute Gasteiger partial charge is 0.258 e. The molecule has 0 radical (unpaired) electrons. The first kappa shape index (κ1) is 17.9. The quantitative estimate of drug-likeness (QED) is 0.606. The van der Waals surface area contributed by atoms with E-state index in [0.29, 0.717) is 5.56 Å². The van der Waals surface area contributed by atoms with Gasteiger partial charge in [-0.15, -0.1) is 0 Å². The maximum absolute atomic E-state index is 12.3. The van der Waals surface area contributed by atoms with E-state index in [-0.39, 0.29) is 16.3 Å². The number of nitro groups is 1. The summed E-state index contributed by atoms with van der Waals surface area (Å²) < 4.78 is 24.6. The van der Waals surface area contributed by atoms with Crippen LogP contribution >= 0.6 is 0 Å². The van der Waals surface area contributed by atoms with Crippen molar-refractivity contribution in [2.75, 3.05) is 5.75 Å². The second-order valence-corrected chi connectivity index (χ2v) is 7.78. The largest absolute Gasteiger partial charge is 0.276 e. The van der Waals surface area contributed by atoms with E-state index >= 15 is 0 Å². The van der Waals surface area contributed by atoms with E-state index in [4.69, 9.17) is 0 Å². The van der Waals surface area contributed by atoms with Gasteiger partial charge in [-0.05, 0) is 50.1 Å². The summed E-state index contributed by atoms with van der Waals surface area (Å²) in [5, 5.41) is 11.2. The SMILES string of the molecule is Cc1ccc(S(=O)(=O)C/C=C/c2cc(C)c(C)cc2[N+](=O)[O-])cc1. The first-order chi connectivity index (χ1) is 11.2. The highest BCUT2D eigenvalue weighted by molar-refractivity contribution is 7.91. The molecule has 0 atom stereocenters. The van der Waals surface area contributed by atoms with Crippen LogP contribution in [0.3, 0.4) is 0 Å². The lowest BCUT2D eigenvalue weighted by molar-refractivity contribution is -0.385. The zero-order valence-corrected chi connectivity index (χ0v) is 14.6. The molecule has 0 saturated heterocycles. The molecule has 2 aromatic rings. The summed E-state index contributed by atoms with van der Waals surface area (Å²) in [6.45, 7) is 5.55. The number of nitrogens with zero attached hydrogens (tertiary/aromatic N) is 1. The molecule has 0 aliphatic carbocycles. The fourth-order valence-electron chi connectivity index (χ4n) is 2.26. The van der Waals surface area contributed by atoms with E-state index in [9.17, 15) is 18.5 Å². The Hall–Kier alpha value is -2.47. The van der Waals surface area contributed by atoms with Crippen LogP contribution in [-0.2, 0) is 9.84 Å². The summed E-state index contributed by atoms with van der Waals surface area (Å²) in [5.41, 5.74) is 3.10. The molecular weight excluding hydrogens is 326 g/mol. The predicted octanol–water partition coefficient (Wildman–Crippen LogP) is 4.01. The van der Waals surface area contributed by atoms with Gasteiger partial charge in [0.25, 0.3) is 5.69 Å². The van der Waals surface area contributed by atoms with Crippen molar-refractivity contribution >= 4 is 21.6 Å². The summed E-state index contributed by atoms with van der Waals surface area (Å²) >= 11 is 0. The van der Waals surface area contributed by atoms with Crippen molar-refractivity contribution < 1.29 is 13.3 Å². The highest BCUT2D eigenvalue weighted by Crippen LogP contribution is 2.24. The van der Waals surface area contributed by atoms with Gasteiger partial charge in [0.1, 0.15) is 0 Å². The summed E-state index contributed by atoms with van der Waals surface area (Å²) in [7, 11) is -3.46. The Balaban J connectivity index is 2.27. The van der Waals surface area contributed by atoms with E-state index < -0.39 is 14.8 Å². The number of aryl methyl sites for hydroxylation is 3. The van der Waals surface area contributed by atoms with Gasteiger partial charge in [-0.25, -0.2) is 8.42 Å². The lowest BCUT2D eigenvalue weighted by atomic mass is 10.0. The van der Waals surface area contributed by atoms with Crippen LogP contribution in [0.25, 0.3) is 6.08 Å². The Labute approximate surface area is 141 Å². The van der Waals surface area contributed by atoms with Crippen LogP contribution in [0.1, 0.15) is 22.3 Å². The van der Waals surface area contributed by atoms with Gasteiger partial charge in [0, 0.05) is 6.07 Å². The molecule has 2 aromatic carbocycles. The average molecular weight is 345 g/mol. The molecule has 0 aliphatic heterocycles. The van der Waals surface area contributed by atoms with Gasteiger partial charge in [0.05, 0.1) is 21.1 Å². The molecule has 0 amide bonds. The van der Waals surface area contributed by atoms with Crippen molar-refractivity contribution in [1.82, 2.24) is 0 Å². The van der Waals surface area contributed by atoms with Crippen molar-refractivity contribution in [1.29, 1.82) is 0 Å². The zero-order valence-electron chi connectivity index (χ0n) is 13.8. The molecule has 6 heteroatoms. The summed E-state index contributed by atoms with van der Waals surface area (Å²) in [4.78, 5) is 10.9. The van der Waals surface area contributed by atoms with Crippen molar-refractivity contribution in [2.24, 2.45) is 0 Å². The molecule has 24 heavy (non-hydrogen) atoms. The lowest BCUT2D eigenvalue weighted by Crippen LogP contribution is -2.04. The summed E-state index contributed by atoms with van der Waals surface area (Å²) in [6, 6.07) is 9.81. The number of rotatable bonds is 5. The van der Waals surface area contributed by atoms with Crippen LogP contribution in [-0.4, -0.2) is 19.1 Å². The minimum absolute atomic E-state index is 0.0258. The molecule has 0 fully saturated rings. The van der Waals surface area contributed by atoms with Crippen LogP contribution in [0, 0.1) is 30.9 Å². The maximum Gasteiger partial charge on any atom is 0.276 e. The van der Waals surface area contributed by atoms with Gasteiger partial charge in [-0.2, -0.15) is 0 Å². The molecule has 0 heterocycles. The third kappa shape index (κ3) is 4.08. The highest BCUT2D eigenvalue weighted by Gasteiger charge is 2.15. The van der Waals surface area contributed by atoms with Crippen molar-refractivity contribution in [3.8, 4) is 0 Å². The Morgan fingerprint density at radius 2 is 1.62 bits per heavy atom. The average Bonchev–Trinajstić information content (AvgIpc) is 2.50. The minimum atomic E-state index is -3.46. The number of hydrogen-bond acceptors (Lipinski definition) is 4. The fourth-order valence-corrected chi connectivity index (χ4v) is 3.35. The predicted molar refractivity (Wildman–Crippen MR) is 94.8 cm³/mol. The molecule has 0 saturated carbocycles. The third-order valence-electron chi connectivity index (χ3n) is 3.83. The number of nitro benzene ring substituents is 1. The Bertz CT molecular complexity index is 897. The molecule has 0 spiro atoms. The van der Waals surface area contributed by atoms with E-state index in [1.807, 2.05) is 13.8 Å². The van der Waals surface area contributed by atoms with E-state index in [2.05, 4.69) is 0 Å². The normalized spacial score (nSPS) is 11.8. The maximum atomic E-state index is 12.3. The molecule has 0 bridgehead atoms. The third-order valence-corrected chi connectivity index (χ3v) is 5.45. The van der Waals surface area contributed by atoms with Gasteiger partial charge in [0.15, 0.2) is 9.84 Å². The number of benzene rings is 2. The lowest BCUT2D eigenvalue weighted by Gasteiger charge is -2.04. The van der Waals surface area contributed by atoms with Crippen LogP contribution in [0.5, 0.6) is 0 Å². The summed E-state index contributed by atoms with van der Waals surface area (Å²) in [5.74, 6) is -0.208. The molecule has 0 N–H and O–H groups in total. The molecule has 2 rings (SSSR count). The zero-order chi connectivity index (χ0) is 17.9. The topological polar surface area (TPSA) is 77.3 Å². The van der Waals surface area contributed by atoms with Gasteiger partial charge in [-0.1, -0.05) is 29.8 Å². The van der Waals surface area contributed by atoms with E-state index in [1.54, 1.807) is 37.3 Å². The molecule has 0 aliphatic rings. The monoisotopic (exact) mass is 345 g/mol. The minimum Gasteiger partial charge on any atom is -0.258 e. The number of sulfone groups is 1. The molecule has 0 aromatic heterocycles. The highest BCUT2D eigenvalue weighted by atomic mass is 32.2. The standard InChI is InChI=1S/C18H19NO4S/c1-13-6-8-17(9-7-13)24(22,23)10-4-5-16-11-14(2)15(3)12-18(16)19(20)21/h4-9,11-12H,10H2,1-3H3/b5-4+. The van der Waals surface area contributed by atoms with Crippen LogP contribution in [0.4, 0.5) is 5.69 Å². The second kappa shape index (κ2) is 6.97. The van der Waals surface area contributed by atoms with Gasteiger partial charge in [0.2, 0.25) is 0 Å². The molecular formula is C18H19NO4S. The Kier molecular flexibility index (Phi) is 5.19. The van der Waals surface area contributed by atoms with Crippen LogP contribution in [0.15, 0.2) is 47.4 Å². The first-order valence-electron chi connectivity index (χ1n) is 7.42. The van der Waals surface area contributed by atoms with E-state index in [1.165, 1.54) is 18.2 Å². The second-order valence-electron chi connectivity index (χ2n) is 5.75. The van der Waals surface area contributed by atoms with Crippen LogP contribution < -0.4 is 0 Å². The molecule has 126 valence electrons. The summed E-state index contributed by atoms with van der Waals surface area (Å²) in [6.07, 6.45) is 2.95. The van der Waals surface area contributed by atoms with E-state index in [0.717, 1.165) is 16.7 Å². The molecule has 5 nitrogen and oxygen atoms in total. The fraction of sp³-hybridized carbons (Fsp3) is 0.222. The van der Waals surface area contributed by atoms with Gasteiger partial charge < -0.3 is 0 Å². The first-order valence-corrected chi connectivity index (χ1v) is 9.07. The van der Waals surface area contributed by atoms with Crippen LogP contribution in [0.2, 0.25) is 0 Å². The van der Waals surface area contributed by atoms with Crippen molar-refractivity contribution in [2.45, 2.75) is 25.7 Å². The Morgan fingerprint density at radius 1 is 1.04 bits per heavy atom. The number of hydrogen-bond donors (Lipinski definition) is 0. The van der Waals surface area contributed by atoms with Gasteiger partial charge >= 0.3 is 0 Å². The van der Waals surface area contributed by atoms with Crippen molar-refractivity contribution in [3.05, 3.63) is 74.8 Å². The molecule has 0 unspecified atom stereocenters. The van der Waals surface area contributed by atoms with Crippen molar-refractivity contribution in [3.63, 3.8) is 0 Å². The van der Waals surface area contributed by atoms with Gasteiger partial charge in [-0.3, -0.25) is 10.1 Å².